The van der Waals surface area contributed by atoms with Crippen molar-refractivity contribution in [3.05, 3.63) is 21.2 Å². The van der Waals surface area contributed by atoms with Gasteiger partial charge in [-0.25, -0.2) is 4.79 Å². The molecule has 25 heavy (non-hydrogen) atoms. The largest absolute Gasteiger partial charge is 0.505 e. The Morgan fingerprint density at radius 2 is 1.92 bits per heavy atom. The molecule has 0 unspecified atom stereocenters. The van der Waals surface area contributed by atoms with Gasteiger partial charge in [-0.1, -0.05) is 23.2 Å². The van der Waals surface area contributed by atoms with Crippen molar-refractivity contribution in [1.29, 1.82) is 0 Å². The molecule has 1 aromatic carbocycles. The third kappa shape index (κ3) is 3.80. The highest BCUT2D eigenvalue weighted by atomic mass is 35.5. The maximum Gasteiger partial charge on any atom is 0.342 e. The van der Waals surface area contributed by atoms with Gasteiger partial charge < -0.3 is 29.2 Å². The molecule has 4 atom stereocenters. The fraction of sp³-hybridized carbons (Fsp3) is 0.562. The van der Waals surface area contributed by atoms with Crippen LogP contribution in [0.2, 0.25) is 10.0 Å². The number of phenols is 1. The van der Waals surface area contributed by atoms with Gasteiger partial charge in [-0.15, -0.1) is 0 Å². The van der Waals surface area contributed by atoms with Gasteiger partial charge in [0.05, 0.1) is 18.2 Å². The van der Waals surface area contributed by atoms with Crippen LogP contribution in [0.3, 0.4) is 0 Å². The Hall–Kier alpha value is -1.25. The maximum atomic E-state index is 12.7. The molecule has 9 heteroatoms. The van der Waals surface area contributed by atoms with Crippen LogP contribution in [0.25, 0.3) is 0 Å². The van der Waals surface area contributed by atoms with Crippen LogP contribution in [0.5, 0.6) is 11.5 Å². The minimum atomic E-state index is -1.02. The van der Waals surface area contributed by atoms with Crippen LogP contribution < -0.4 is 4.74 Å². The number of benzene rings is 1. The van der Waals surface area contributed by atoms with Gasteiger partial charge in [0, 0.05) is 13.5 Å². The number of aliphatic hydroxyl groups is 1. The summed E-state index contributed by atoms with van der Waals surface area (Å²) in [5, 5.41) is 19.8. The zero-order chi connectivity index (χ0) is 18.9. The standard InChI is InChI=1S/C16H20Cl2O7/c1-6-10(15(23-4)12(18)14(20)11(6)17)16(21)25-8-5-9(22-3)24-7(2)13(8)19/h7-9,13,19-20H,5H2,1-4H3/t7-,8-,9+,13-/m1/s1. The van der Waals surface area contributed by atoms with Gasteiger partial charge in [0.2, 0.25) is 0 Å². The van der Waals surface area contributed by atoms with Crippen molar-refractivity contribution in [1.82, 2.24) is 0 Å². The molecule has 7 nitrogen and oxygen atoms in total. The lowest BCUT2D eigenvalue weighted by molar-refractivity contribution is -0.236. The minimum Gasteiger partial charge on any atom is -0.505 e. The highest BCUT2D eigenvalue weighted by molar-refractivity contribution is 6.39. The quantitative estimate of drug-likeness (QED) is 0.757. The van der Waals surface area contributed by atoms with Crippen LogP contribution >= 0.6 is 23.2 Å². The maximum absolute atomic E-state index is 12.7. The van der Waals surface area contributed by atoms with E-state index < -0.39 is 30.6 Å². The number of esters is 1. The van der Waals surface area contributed by atoms with E-state index in [4.69, 9.17) is 42.1 Å². The third-order valence-corrected chi connectivity index (χ3v) is 4.94. The summed E-state index contributed by atoms with van der Waals surface area (Å²) in [5.41, 5.74) is 0.235. The summed E-state index contributed by atoms with van der Waals surface area (Å²) in [5.74, 6) is -1.22. The highest BCUT2D eigenvalue weighted by Crippen LogP contribution is 2.44. The third-order valence-electron chi connectivity index (χ3n) is 4.13. The Kier molecular flexibility index (Phi) is 6.40. The molecule has 1 saturated heterocycles. The number of methoxy groups -OCH3 is 2. The summed E-state index contributed by atoms with van der Waals surface area (Å²) < 4.78 is 21.1. The second kappa shape index (κ2) is 7.97. The SMILES string of the molecule is COc1c(Cl)c(O)c(Cl)c(C)c1C(=O)O[C@@H]1C[C@@H](OC)O[C@H](C)[C@H]1O. The van der Waals surface area contributed by atoms with Crippen molar-refractivity contribution in [2.45, 2.75) is 44.9 Å². The molecule has 0 spiro atoms. The summed E-state index contributed by atoms with van der Waals surface area (Å²) in [6.45, 7) is 3.18. The van der Waals surface area contributed by atoms with Gasteiger partial charge in [-0.3, -0.25) is 0 Å². The number of halogens is 2. The molecule has 0 aromatic heterocycles. The summed E-state index contributed by atoms with van der Waals surface area (Å²) >= 11 is 12.0. The van der Waals surface area contributed by atoms with E-state index in [-0.39, 0.29) is 39.1 Å². The van der Waals surface area contributed by atoms with Gasteiger partial charge in [0.25, 0.3) is 0 Å². The number of hydrogen-bond acceptors (Lipinski definition) is 7. The summed E-state index contributed by atoms with van der Waals surface area (Å²) in [6.07, 6.45) is -2.90. The minimum absolute atomic E-state index is 0.0180. The Labute approximate surface area is 155 Å². The topological polar surface area (TPSA) is 94.5 Å². The molecule has 1 heterocycles. The van der Waals surface area contributed by atoms with Gasteiger partial charge in [0.15, 0.2) is 17.8 Å². The molecule has 0 amide bonds. The fourth-order valence-electron chi connectivity index (χ4n) is 2.68. The van der Waals surface area contributed by atoms with Crippen molar-refractivity contribution in [2.24, 2.45) is 0 Å². The van der Waals surface area contributed by atoms with Crippen molar-refractivity contribution >= 4 is 29.2 Å². The average Bonchev–Trinajstić information content (AvgIpc) is 2.59. The second-order valence-electron chi connectivity index (χ2n) is 5.69. The van der Waals surface area contributed by atoms with Crippen molar-refractivity contribution in [3.63, 3.8) is 0 Å². The van der Waals surface area contributed by atoms with Crippen molar-refractivity contribution < 1.29 is 34.0 Å². The lowest BCUT2D eigenvalue weighted by atomic mass is 10.0. The number of aromatic hydroxyl groups is 1. The number of ether oxygens (including phenoxy) is 4. The molecule has 1 aromatic rings. The van der Waals surface area contributed by atoms with E-state index >= 15 is 0 Å². The molecular formula is C16H20Cl2O7. The van der Waals surface area contributed by atoms with Crippen LogP contribution in [-0.2, 0) is 14.2 Å². The van der Waals surface area contributed by atoms with Crippen LogP contribution in [0.15, 0.2) is 0 Å². The van der Waals surface area contributed by atoms with Crippen LogP contribution in [0.1, 0.15) is 29.3 Å². The van der Waals surface area contributed by atoms with E-state index in [9.17, 15) is 15.0 Å². The molecule has 0 bridgehead atoms. The zero-order valence-corrected chi connectivity index (χ0v) is 15.7. The first-order valence-corrected chi connectivity index (χ1v) is 8.30. The Morgan fingerprint density at radius 1 is 1.28 bits per heavy atom. The van der Waals surface area contributed by atoms with Gasteiger partial charge in [-0.05, 0) is 19.4 Å². The predicted molar refractivity (Wildman–Crippen MR) is 90.6 cm³/mol. The van der Waals surface area contributed by atoms with Crippen LogP contribution in [0, 0.1) is 6.92 Å². The lowest BCUT2D eigenvalue weighted by Gasteiger charge is -2.36. The predicted octanol–water partition coefficient (Wildman–Crippen LogP) is 2.68. The summed E-state index contributed by atoms with van der Waals surface area (Å²) in [7, 11) is 2.76. The molecule has 0 aliphatic carbocycles. The molecule has 2 rings (SSSR count). The monoisotopic (exact) mass is 394 g/mol. The Morgan fingerprint density at radius 3 is 2.48 bits per heavy atom. The lowest BCUT2D eigenvalue weighted by Crippen LogP contribution is -2.49. The fourth-order valence-corrected chi connectivity index (χ4v) is 3.19. The van der Waals surface area contributed by atoms with E-state index in [1.165, 1.54) is 21.1 Å². The highest BCUT2D eigenvalue weighted by Gasteiger charge is 2.39. The number of carbonyl (C=O) groups excluding carboxylic acids is 1. The molecule has 140 valence electrons. The van der Waals surface area contributed by atoms with Crippen molar-refractivity contribution in [3.8, 4) is 11.5 Å². The van der Waals surface area contributed by atoms with E-state index in [1.807, 2.05) is 0 Å². The molecule has 1 aliphatic rings. The first-order chi connectivity index (χ1) is 11.7. The first kappa shape index (κ1) is 20.1. The molecule has 0 radical (unpaired) electrons. The van der Waals surface area contributed by atoms with Gasteiger partial charge >= 0.3 is 5.97 Å². The van der Waals surface area contributed by atoms with E-state index in [1.54, 1.807) is 6.92 Å². The number of hydrogen-bond donors (Lipinski definition) is 2. The van der Waals surface area contributed by atoms with Crippen molar-refractivity contribution in [2.75, 3.05) is 14.2 Å². The average molecular weight is 395 g/mol. The zero-order valence-electron chi connectivity index (χ0n) is 14.2. The van der Waals surface area contributed by atoms with Gasteiger partial charge in [-0.2, -0.15) is 0 Å². The Bertz CT molecular complexity index is 665. The molecule has 1 fully saturated rings. The van der Waals surface area contributed by atoms with Gasteiger partial charge in [0.1, 0.15) is 22.8 Å². The molecular weight excluding hydrogens is 375 g/mol. The van der Waals surface area contributed by atoms with Crippen LogP contribution in [0.4, 0.5) is 0 Å². The normalized spacial score (nSPS) is 26.4. The molecule has 2 N–H and O–H groups in total. The number of carbonyl (C=O) groups is 1. The summed E-state index contributed by atoms with van der Waals surface area (Å²) in [6, 6.07) is 0. The number of aliphatic hydroxyl groups excluding tert-OH is 1. The van der Waals surface area contributed by atoms with E-state index in [2.05, 4.69) is 0 Å². The second-order valence-corrected chi connectivity index (χ2v) is 6.44. The summed E-state index contributed by atoms with van der Waals surface area (Å²) in [4.78, 5) is 12.7. The molecule has 1 aliphatic heterocycles. The Balaban J connectivity index is 2.35. The molecule has 0 saturated carbocycles. The van der Waals surface area contributed by atoms with E-state index in [0.717, 1.165) is 0 Å². The van der Waals surface area contributed by atoms with Crippen LogP contribution in [-0.4, -0.2) is 55.0 Å². The first-order valence-electron chi connectivity index (χ1n) is 7.54. The number of rotatable bonds is 4. The smallest absolute Gasteiger partial charge is 0.342 e. The number of phenolic OH excluding ortho intramolecular Hbond substituents is 1. The van der Waals surface area contributed by atoms with E-state index in [0.29, 0.717) is 0 Å².